The molecule has 0 radical (unpaired) electrons. The van der Waals surface area contributed by atoms with E-state index in [9.17, 15) is 9.59 Å². The predicted molar refractivity (Wildman–Crippen MR) is 89.8 cm³/mol. The molecule has 142 valence electrons. The largest absolute Gasteiger partial charge is 0.465 e. The lowest BCUT2D eigenvalue weighted by Crippen LogP contribution is -2.34. The van der Waals surface area contributed by atoms with Crippen LogP contribution < -0.4 is 0 Å². The molecule has 0 aromatic heterocycles. The lowest BCUT2D eigenvalue weighted by molar-refractivity contribution is -0.161. The summed E-state index contributed by atoms with van der Waals surface area (Å²) in [7, 11) is 0. The van der Waals surface area contributed by atoms with Crippen LogP contribution in [-0.2, 0) is 28.5 Å². The molecule has 6 nitrogen and oxygen atoms in total. The Hall–Kier alpha value is -1.14. The van der Waals surface area contributed by atoms with Gasteiger partial charge in [0.1, 0.15) is 0 Å². The summed E-state index contributed by atoms with van der Waals surface area (Å²) in [5.41, 5.74) is -0.393. The van der Waals surface area contributed by atoms with Crippen molar-refractivity contribution in [3.8, 4) is 0 Å². The van der Waals surface area contributed by atoms with Crippen LogP contribution in [0.1, 0.15) is 52.9 Å². The summed E-state index contributed by atoms with van der Waals surface area (Å²) >= 11 is 0. The molecular formula is C19H30O6. The van der Waals surface area contributed by atoms with Gasteiger partial charge >= 0.3 is 11.9 Å². The highest BCUT2D eigenvalue weighted by Gasteiger charge is 2.46. The summed E-state index contributed by atoms with van der Waals surface area (Å²) in [4.78, 5) is 24.4. The molecule has 3 fully saturated rings. The van der Waals surface area contributed by atoms with E-state index in [0.29, 0.717) is 25.6 Å². The third-order valence-corrected chi connectivity index (χ3v) is 5.37. The molecule has 0 amide bonds. The second-order valence-corrected chi connectivity index (χ2v) is 8.51. The molecule has 5 atom stereocenters. The van der Waals surface area contributed by atoms with E-state index in [-0.39, 0.29) is 49.2 Å². The van der Waals surface area contributed by atoms with Crippen molar-refractivity contribution in [1.29, 1.82) is 0 Å². The molecule has 0 bridgehead atoms. The average molecular weight is 354 g/mol. The highest BCUT2D eigenvalue weighted by Crippen LogP contribution is 2.40. The molecule has 3 rings (SSSR count). The fourth-order valence-corrected chi connectivity index (χ4v) is 3.64. The lowest BCUT2D eigenvalue weighted by Gasteiger charge is -2.29. The summed E-state index contributed by atoms with van der Waals surface area (Å²) < 4.78 is 21.9. The Morgan fingerprint density at radius 3 is 2.20 bits per heavy atom. The molecule has 25 heavy (non-hydrogen) atoms. The number of hydrogen-bond donors (Lipinski definition) is 0. The maximum Gasteiger partial charge on any atom is 0.309 e. The molecule has 2 aliphatic heterocycles. The SMILES string of the molecule is CC1CC(C(=O)OCC(C)(C)COC(=O)C2CCC3OC3C2)CCO1. The molecule has 2 saturated heterocycles. The third-order valence-electron chi connectivity index (χ3n) is 5.37. The van der Waals surface area contributed by atoms with Gasteiger partial charge in [-0.2, -0.15) is 0 Å². The molecule has 6 heteroatoms. The van der Waals surface area contributed by atoms with Crippen LogP contribution in [0.4, 0.5) is 0 Å². The minimum atomic E-state index is -0.393. The maximum atomic E-state index is 12.2. The van der Waals surface area contributed by atoms with Crippen LogP contribution in [0, 0.1) is 17.3 Å². The topological polar surface area (TPSA) is 74.4 Å². The molecule has 0 N–H and O–H groups in total. The highest BCUT2D eigenvalue weighted by atomic mass is 16.6. The summed E-state index contributed by atoms with van der Waals surface area (Å²) in [6.07, 6.45) is 4.75. The first-order valence-electron chi connectivity index (χ1n) is 9.44. The second kappa shape index (κ2) is 7.62. The lowest BCUT2D eigenvalue weighted by atomic mass is 9.89. The number of rotatable bonds is 6. The number of hydrogen-bond acceptors (Lipinski definition) is 6. The molecule has 5 unspecified atom stereocenters. The standard InChI is InChI=1S/C19H30O6/c1-12-8-14(6-7-22-12)18(21)24-11-19(2,3)10-23-17(20)13-4-5-15-16(9-13)25-15/h12-16H,4-11H2,1-3H3. The van der Waals surface area contributed by atoms with Gasteiger partial charge in [0, 0.05) is 12.0 Å². The Bertz CT molecular complexity index is 478. The highest BCUT2D eigenvalue weighted by molar-refractivity contribution is 5.73. The summed E-state index contributed by atoms with van der Waals surface area (Å²) in [5.74, 6) is -0.452. The minimum Gasteiger partial charge on any atom is -0.465 e. The zero-order valence-electron chi connectivity index (χ0n) is 15.5. The average Bonchev–Trinajstić information content (AvgIpc) is 3.36. The van der Waals surface area contributed by atoms with Crippen LogP contribution in [0.5, 0.6) is 0 Å². The molecule has 1 saturated carbocycles. The zero-order chi connectivity index (χ0) is 18.0. The van der Waals surface area contributed by atoms with Crippen molar-refractivity contribution in [2.45, 2.75) is 71.2 Å². The Labute approximate surface area is 149 Å². The van der Waals surface area contributed by atoms with Crippen molar-refractivity contribution in [2.24, 2.45) is 17.3 Å². The molecule has 0 aromatic rings. The van der Waals surface area contributed by atoms with Crippen molar-refractivity contribution in [1.82, 2.24) is 0 Å². The minimum absolute atomic E-state index is 0.0502. The van der Waals surface area contributed by atoms with Gasteiger partial charge in [-0.05, 0) is 39.0 Å². The number of carbonyl (C=O) groups is 2. The Morgan fingerprint density at radius 1 is 0.960 bits per heavy atom. The summed E-state index contributed by atoms with van der Waals surface area (Å²) in [6, 6.07) is 0. The quantitative estimate of drug-likeness (QED) is 0.539. The first kappa shape index (κ1) is 18.6. The molecule has 0 spiro atoms. The van der Waals surface area contributed by atoms with Crippen molar-refractivity contribution < 1.29 is 28.5 Å². The number of fused-ring (bicyclic) bond motifs is 1. The van der Waals surface area contributed by atoms with Crippen LogP contribution in [0.2, 0.25) is 0 Å². The Kier molecular flexibility index (Phi) is 5.68. The smallest absolute Gasteiger partial charge is 0.309 e. The first-order valence-corrected chi connectivity index (χ1v) is 9.44. The number of epoxide rings is 1. The van der Waals surface area contributed by atoms with E-state index in [4.69, 9.17) is 18.9 Å². The summed E-state index contributed by atoms with van der Waals surface area (Å²) in [6.45, 7) is 6.98. The van der Waals surface area contributed by atoms with Gasteiger partial charge in [0.15, 0.2) is 0 Å². The van der Waals surface area contributed by atoms with Crippen molar-refractivity contribution in [3.05, 3.63) is 0 Å². The van der Waals surface area contributed by atoms with Crippen molar-refractivity contribution in [3.63, 3.8) is 0 Å². The fraction of sp³-hybridized carbons (Fsp3) is 0.895. The molecular weight excluding hydrogens is 324 g/mol. The first-order chi connectivity index (χ1) is 11.8. The van der Waals surface area contributed by atoms with Gasteiger partial charge in [0.25, 0.3) is 0 Å². The van der Waals surface area contributed by atoms with Crippen LogP contribution in [0.15, 0.2) is 0 Å². The van der Waals surface area contributed by atoms with E-state index in [1.165, 1.54) is 0 Å². The Morgan fingerprint density at radius 2 is 1.60 bits per heavy atom. The predicted octanol–water partition coefficient (Wildman–Crippen LogP) is 2.48. The Balaban J connectivity index is 1.37. The van der Waals surface area contributed by atoms with Gasteiger partial charge in [-0.15, -0.1) is 0 Å². The third kappa shape index (κ3) is 5.17. The van der Waals surface area contributed by atoms with Crippen LogP contribution >= 0.6 is 0 Å². The van der Waals surface area contributed by atoms with E-state index in [1.807, 2.05) is 20.8 Å². The van der Waals surface area contributed by atoms with E-state index in [1.54, 1.807) is 0 Å². The van der Waals surface area contributed by atoms with Gasteiger partial charge in [-0.25, -0.2) is 0 Å². The van der Waals surface area contributed by atoms with Gasteiger partial charge in [-0.1, -0.05) is 13.8 Å². The van der Waals surface area contributed by atoms with Crippen molar-refractivity contribution in [2.75, 3.05) is 19.8 Å². The van der Waals surface area contributed by atoms with Crippen molar-refractivity contribution >= 4 is 11.9 Å². The number of ether oxygens (including phenoxy) is 4. The van der Waals surface area contributed by atoms with Crippen LogP contribution in [-0.4, -0.2) is 50.1 Å². The summed E-state index contributed by atoms with van der Waals surface area (Å²) in [5, 5.41) is 0. The molecule has 0 aromatic carbocycles. The normalized spacial score (nSPS) is 34.8. The molecule has 1 aliphatic carbocycles. The molecule has 3 aliphatic rings. The van der Waals surface area contributed by atoms with E-state index in [0.717, 1.165) is 19.3 Å². The van der Waals surface area contributed by atoms with Gasteiger partial charge in [0.05, 0.1) is 43.4 Å². The van der Waals surface area contributed by atoms with Gasteiger partial charge in [-0.3, -0.25) is 9.59 Å². The number of esters is 2. The maximum absolute atomic E-state index is 12.2. The molecule has 2 heterocycles. The zero-order valence-corrected chi connectivity index (χ0v) is 15.5. The monoisotopic (exact) mass is 354 g/mol. The van der Waals surface area contributed by atoms with E-state index in [2.05, 4.69) is 0 Å². The van der Waals surface area contributed by atoms with E-state index >= 15 is 0 Å². The van der Waals surface area contributed by atoms with Crippen LogP contribution in [0.25, 0.3) is 0 Å². The van der Waals surface area contributed by atoms with Crippen LogP contribution in [0.3, 0.4) is 0 Å². The van der Waals surface area contributed by atoms with Gasteiger partial charge in [0.2, 0.25) is 0 Å². The second-order valence-electron chi connectivity index (χ2n) is 8.51. The number of carbonyl (C=O) groups excluding carboxylic acids is 2. The fourth-order valence-electron chi connectivity index (χ4n) is 3.64. The van der Waals surface area contributed by atoms with E-state index < -0.39 is 5.41 Å². The van der Waals surface area contributed by atoms with Gasteiger partial charge < -0.3 is 18.9 Å².